The number of carbonyl (C=O) groups is 1. The molecule has 9 heteroatoms. The van der Waals surface area contributed by atoms with Crippen LogP contribution >= 0.6 is 0 Å². The molecule has 0 spiro atoms. The molecule has 2 atom stereocenters. The van der Waals surface area contributed by atoms with Crippen LogP contribution in [0.2, 0.25) is 0 Å². The van der Waals surface area contributed by atoms with Gasteiger partial charge >= 0.3 is 12.2 Å². The van der Waals surface area contributed by atoms with Crippen LogP contribution in [0.15, 0.2) is 18.3 Å². The van der Waals surface area contributed by atoms with Crippen LogP contribution < -0.4 is 15.4 Å². The zero-order valence-electron chi connectivity index (χ0n) is 13.2. The molecule has 2 heterocycles. The highest BCUT2D eigenvalue weighted by Gasteiger charge is 2.29. The molecule has 0 saturated carbocycles. The Labute approximate surface area is 137 Å². The number of halogens is 3. The quantitative estimate of drug-likeness (QED) is 0.829. The van der Waals surface area contributed by atoms with Crippen LogP contribution in [0.3, 0.4) is 0 Å². The summed E-state index contributed by atoms with van der Waals surface area (Å²) in [5.41, 5.74) is 0.363. The van der Waals surface area contributed by atoms with Crippen LogP contribution in [-0.2, 0) is 11.3 Å². The summed E-state index contributed by atoms with van der Waals surface area (Å²) < 4.78 is 46.9. The molecular weight excluding hydrogens is 327 g/mol. The highest BCUT2D eigenvalue weighted by atomic mass is 19.4. The summed E-state index contributed by atoms with van der Waals surface area (Å²) in [6.07, 6.45) is -1.28. The van der Waals surface area contributed by atoms with E-state index in [0.29, 0.717) is 12.2 Å². The molecule has 0 aliphatic carbocycles. The van der Waals surface area contributed by atoms with E-state index in [1.54, 1.807) is 12.1 Å². The van der Waals surface area contributed by atoms with E-state index in [1.165, 1.54) is 6.20 Å². The van der Waals surface area contributed by atoms with E-state index in [1.807, 2.05) is 6.92 Å². The average molecular weight is 347 g/mol. The SMILES string of the molecule is C[C@H](NC(=O)NCc1cccnc1OCC(F)(F)F)[C@@H]1CCCO1. The van der Waals surface area contributed by atoms with E-state index in [9.17, 15) is 18.0 Å². The average Bonchev–Trinajstić information content (AvgIpc) is 3.05. The summed E-state index contributed by atoms with van der Waals surface area (Å²) in [4.78, 5) is 15.7. The van der Waals surface area contributed by atoms with Gasteiger partial charge in [0.15, 0.2) is 6.61 Å². The molecule has 134 valence electrons. The molecule has 1 aliphatic rings. The largest absolute Gasteiger partial charge is 0.468 e. The number of aromatic nitrogens is 1. The Hall–Kier alpha value is -2.03. The second kappa shape index (κ2) is 8.18. The third-order valence-electron chi connectivity index (χ3n) is 3.54. The highest BCUT2D eigenvalue weighted by molar-refractivity contribution is 5.74. The number of urea groups is 1. The molecule has 1 fully saturated rings. The Bertz CT molecular complexity index is 548. The highest BCUT2D eigenvalue weighted by Crippen LogP contribution is 2.20. The maximum Gasteiger partial charge on any atom is 0.422 e. The van der Waals surface area contributed by atoms with Crippen LogP contribution in [0.1, 0.15) is 25.3 Å². The van der Waals surface area contributed by atoms with Crippen molar-refractivity contribution in [2.45, 2.75) is 44.6 Å². The molecular formula is C15H20F3N3O3. The van der Waals surface area contributed by atoms with E-state index in [-0.39, 0.29) is 24.6 Å². The normalized spacial score (nSPS) is 18.9. The molecule has 2 amide bonds. The second-order valence-electron chi connectivity index (χ2n) is 5.54. The number of ether oxygens (including phenoxy) is 2. The van der Waals surface area contributed by atoms with Crippen molar-refractivity contribution in [1.82, 2.24) is 15.6 Å². The van der Waals surface area contributed by atoms with Crippen LogP contribution in [0.25, 0.3) is 0 Å². The maximum atomic E-state index is 12.2. The Kier molecular flexibility index (Phi) is 6.24. The van der Waals surface area contributed by atoms with Gasteiger partial charge in [0, 0.05) is 24.9 Å². The van der Waals surface area contributed by atoms with Gasteiger partial charge in [-0.1, -0.05) is 6.07 Å². The second-order valence-corrected chi connectivity index (χ2v) is 5.54. The lowest BCUT2D eigenvalue weighted by molar-refractivity contribution is -0.154. The van der Waals surface area contributed by atoms with Gasteiger partial charge in [-0.2, -0.15) is 13.2 Å². The van der Waals surface area contributed by atoms with E-state index >= 15 is 0 Å². The standard InChI is InChI=1S/C15H20F3N3O3/c1-10(12-5-3-7-23-12)21-14(22)20-8-11-4-2-6-19-13(11)24-9-15(16,17)18/h2,4,6,10,12H,3,5,7-9H2,1H3,(H2,20,21,22)/t10-,12-/m0/s1. The molecule has 0 aromatic carbocycles. The van der Waals surface area contributed by atoms with Crippen molar-refractivity contribution >= 4 is 6.03 Å². The molecule has 0 radical (unpaired) electrons. The number of hydrogen-bond donors (Lipinski definition) is 2. The van der Waals surface area contributed by atoms with Gasteiger partial charge in [0.05, 0.1) is 12.1 Å². The lowest BCUT2D eigenvalue weighted by Gasteiger charge is -2.20. The first-order chi connectivity index (χ1) is 11.3. The lowest BCUT2D eigenvalue weighted by atomic mass is 10.1. The first kappa shape index (κ1) is 18.3. The third kappa shape index (κ3) is 5.88. The van der Waals surface area contributed by atoms with Gasteiger partial charge in [-0.3, -0.25) is 0 Å². The van der Waals surface area contributed by atoms with E-state index in [2.05, 4.69) is 20.4 Å². The Morgan fingerprint density at radius 2 is 2.33 bits per heavy atom. The number of nitrogens with zero attached hydrogens (tertiary/aromatic N) is 1. The molecule has 6 nitrogen and oxygen atoms in total. The van der Waals surface area contributed by atoms with Crippen LogP contribution in [-0.4, -0.2) is 42.6 Å². The summed E-state index contributed by atoms with van der Waals surface area (Å²) in [5.74, 6) is -0.151. The number of nitrogens with one attached hydrogen (secondary N) is 2. The third-order valence-corrected chi connectivity index (χ3v) is 3.54. The lowest BCUT2D eigenvalue weighted by Crippen LogP contribution is -2.45. The Morgan fingerprint density at radius 1 is 1.54 bits per heavy atom. The Balaban J connectivity index is 1.83. The molecule has 1 aliphatic heterocycles. The molecule has 1 aromatic heterocycles. The summed E-state index contributed by atoms with van der Waals surface area (Å²) >= 11 is 0. The minimum absolute atomic E-state index is 0.00507. The van der Waals surface area contributed by atoms with Crippen molar-refractivity contribution in [3.8, 4) is 5.88 Å². The van der Waals surface area contributed by atoms with E-state index < -0.39 is 18.8 Å². The first-order valence-corrected chi connectivity index (χ1v) is 7.64. The summed E-state index contributed by atoms with van der Waals surface area (Å²) in [6, 6.07) is 2.53. The van der Waals surface area contributed by atoms with Gasteiger partial charge < -0.3 is 20.1 Å². The molecule has 2 rings (SSSR count). The summed E-state index contributed by atoms with van der Waals surface area (Å²) in [6.45, 7) is 1.11. The molecule has 0 bridgehead atoms. The minimum atomic E-state index is -4.45. The van der Waals surface area contributed by atoms with Crippen molar-refractivity contribution in [2.24, 2.45) is 0 Å². The van der Waals surface area contributed by atoms with Crippen molar-refractivity contribution in [2.75, 3.05) is 13.2 Å². The minimum Gasteiger partial charge on any atom is -0.468 e. The molecule has 1 aromatic rings. The zero-order chi connectivity index (χ0) is 17.6. The fraction of sp³-hybridized carbons (Fsp3) is 0.600. The van der Waals surface area contributed by atoms with Gasteiger partial charge in [-0.05, 0) is 25.8 Å². The number of amides is 2. The molecule has 2 N–H and O–H groups in total. The van der Waals surface area contributed by atoms with E-state index in [4.69, 9.17) is 4.74 Å². The maximum absolute atomic E-state index is 12.2. The number of rotatable bonds is 6. The molecule has 0 unspecified atom stereocenters. The molecule has 1 saturated heterocycles. The van der Waals surface area contributed by atoms with Gasteiger partial charge in [0.25, 0.3) is 0 Å². The van der Waals surface area contributed by atoms with Crippen molar-refractivity contribution in [3.05, 3.63) is 23.9 Å². The fourth-order valence-corrected chi connectivity index (χ4v) is 2.36. The van der Waals surface area contributed by atoms with Gasteiger partial charge in [0.2, 0.25) is 5.88 Å². The smallest absolute Gasteiger partial charge is 0.422 e. The number of carbonyl (C=O) groups excluding carboxylic acids is 1. The number of hydrogen-bond acceptors (Lipinski definition) is 4. The summed E-state index contributed by atoms with van der Waals surface area (Å²) in [5, 5.41) is 5.34. The van der Waals surface area contributed by atoms with E-state index in [0.717, 1.165) is 12.8 Å². The van der Waals surface area contributed by atoms with Crippen LogP contribution in [0, 0.1) is 0 Å². The zero-order valence-corrected chi connectivity index (χ0v) is 13.2. The van der Waals surface area contributed by atoms with Gasteiger partial charge in [-0.15, -0.1) is 0 Å². The van der Waals surface area contributed by atoms with Gasteiger partial charge in [0.1, 0.15) is 0 Å². The summed E-state index contributed by atoms with van der Waals surface area (Å²) in [7, 11) is 0. The van der Waals surface area contributed by atoms with Crippen LogP contribution in [0.5, 0.6) is 5.88 Å². The predicted molar refractivity (Wildman–Crippen MR) is 79.6 cm³/mol. The van der Waals surface area contributed by atoms with Crippen molar-refractivity contribution < 1.29 is 27.4 Å². The predicted octanol–water partition coefficient (Wildman–Crippen LogP) is 2.39. The first-order valence-electron chi connectivity index (χ1n) is 7.64. The monoisotopic (exact) mass is 347 g/mol. The Morgan fingerprint density at radius 3 is 3.00 bits per heavy atom. The van der Waals surface area contributed by atoms with Crippen LogP contribution in [0.4, 0.5) is 18.0 Å². The topological polar surface area (TPSA) is 72.5 Å². The number of pyridine rings is 1. The fourth-order valence-electron chi connectivity index (χ4n) is 2.36. The number of alkyl halides is 3. The van der Waals surface area contributed by atoms with Crippen molar-refractivity contribution in [1.29, 1.82) is 0 Å². The molecule has 24 heavy (non-hydrogen) atoms. The van der Waals surface area contributed by atoms with Gasteiger partial charge in [-0.25, -0.2) is 9.78 Å². The van der Waals surface area contributed by atoms with Crippen molar-refractivity contribution in [3.63, 3.8) is 0 Å².